The molecule has 1 atom stereocenters. The molecule has 0 fully saturated rings. The van der Waals surface area contributed by atoms with Gasteiger partial charge in [-0.05, 0) is 83.2 Å². The summed E-state index contributed by atoms with van der Waals surface area (Å²) < 4.78 is 1.83. The molecule has 0 aliphatic heterocycles. The molecule has 2 heterocycles. The third-order valence-electron chi connectivity index (χ3n) is 7.60. The molecule has 0 bridgehead atoms. The molecule has 7 heteroatoms. The van der Waals surface area contributed by atoms with E-state index in [1.165, 1.54) is 5.56 Å². The molecule has 2 N–H and O–H groups in total. The number of hydrogen-bond acceptors (Lipinski definition) is 4. The van der Waals surface area contributed by atoms with Crippen LogP contribution in [-0.4, -0.2) is 26.2 Å². The molecule has 5 nitrogen and oxygen atoms in total. The van der Waals surface area contributed by atoms with Crippen LogP contribution in [0.15, 0.2) is 116 Å². The van der Waals surface area contributed by atoms with Gasteiger partial charge < -0.3 is 15.0 Å². The van der Waals surface area contributed by atoms with Crippen LogP contribution in [0.5, 0.6) is 0 Å². The maximum Gasteiger partial charge on any atom is 0.156 e. The van der Waals surface area contributed by atoms with Gasteiger partial charge >= 0.3 is 0 Å². The van der Waals surface area contributed by atoms with Crippen LogP contribution in [0.4, 0.5) is 0 Å². The van der Waals surface area contributed by atoms with Crippen molar-refractivity contribution in [2.45, 2.75) is 18.6 Å². The first kappa shape index (κ1) is 28.1. The van der Waals surface area contributed by atoms with Gasteiger partial charge in [0, 0.05) is 29.0 Å². The van der Waals surface area contributed by atoms with Gasteiger partial charge in [0.05, 0.1) is 29.4 Å². The monoisotopic (exact) mass is 592 g/mol. The van der Waals surface area contributed by atoms with E-state index in [0.717, 1.165) is 40.7 Å². The summed E-state index contributed by atoms with van der Waals surface area (Å²) in [5.74, 6) is 0. The second-order valence-electron chi connectivity index (χ2n) is 10.4. The fraction of sp³-hybridized carbons (Fsp3) is 0.143. The summed E-state index contributed by atoms with van der Waals surface area (Å²) >= 11 is 12.7. The molecular formula is C35H30Cl2N4O. The molecule has 0 amide bonds. The zero-order valence-corrected chi connectivity index (χ0v) is 24.6. The Kier molecular flexibility index (Phi) is 8.09. The van der Waals surface area contributed by atoms with Crippen LogP contribution in [0.2, 0.25) is 10.0 Å². The number of nitrogens with one attached hydrogen (secondary N) is 1. The second kappa shape index (κ2) is 12.1. The Morgan fingerprint density at radius 3 is 2.36 bits per heavy atom. The molecule has 0 aliphatic rings. The zero-order valence-electron chi connectivity index (χ0n) is 23.1. The van der Waals surface area contributed by atoms with Gasteiger partial charge in [-0.25, -0.2) is 4.98 Å². The maximum absolute atomic E-state index is 12.5. The fourth-order valence-electron chi connectivity index (χ4n) is 5.44. The van der Waals surface area contributed by atoms with Crippen molar-refractivity contribution in [2.75, 3.05) is 6.54 Å². The summed E-state index contributed by atoms with van der Waals surface area (Å²) in [5, 5.41) is 18.2. The Labute approximate surface area is 255 Å². The fourth-order valence-corrected chi connectivity index (χ4v) is 5.76. The lowest BCUT2D eigenvalue weighted by Gasteiger charge is -2.30. The number of pyridine rings is 1. The van der Waals surface area contributed by atoms with Crippen LogP contribution in [0, 0.1) is 0 Å². The summed E-state index contributed by atoms with van der Waals surface area (Å²) in [7, 11) is 1.88. The first-order valence-corrected chi connectivity index (χ1v) is 14.6. The predicted octanol–water partition coefficient (Wildman–Crippen LogP) is 7.56. The van der Waals surface area contributed by atoms with E-state index in [-0.39, 0.29) is 0 Å². The van der Waals surface area contributed by atoms with Crippen molar-refractivity contribution >= 4 is 34.1 Å². The summed E-state index contributed by atoms with van der Waals surface area (Å²) in [6.45, 7) is 1.47. The van der Waals surface area contributed by atoms with Crippen molar-refractivity contribution in [3.8, 4) is 11.1 Å². The number of nitrogens with zero attached hydrogens (tertiary/aromatic N) is 3. The highest BCUT2D eigenvalue weighted by atomic mass is 35.5. The number of halogens is 2. The maximum atomic E-state index is 12.5. The predicted molar refractivity (Wildman–Crippen MR) is 171 cm³/mol. The van der Waals surface area contributed by atoms with E-state index in [0.29, 0.717) is 33.4 Å². The average Bonchev–Trinajstić information content (AvgIpc) is 3.45. The van der Waals surface area contributed by atoms with Crippen molar-refractivity contribution in [3.63, 3.8) is 0 Å². The highest BCUT2D eigenvalue weighted by Crippen LogP contribution is 2.40. The minimum Gasteiger partial charge on any atom is -0.374 e. The molecule has 6 rings (SSSR count). The van der Waals surface area contributed by atoms with Gasteiger partial charge in [0.2, 0.25) is 0 Å². The van der Waals surface area contributed by atoms with E-state index in [9.17, 15) is 5.11 Å². The second-order valence-corrected chi connectivity index (χ2v) is 11.3. The summed E-state index contributed by atoms with van der Waals surface area (Å²) in [5.41, 5.74) is 5.57. The van der Waals surface area contributed by atoms with Gasteiger partial charge in [-0.15, -0.1) is 0 Å². The number of fused-ring (bicyclic) bond motifs is 1. The highest BCUT2D eigenvalue weighted by molar-refractivity contribution is 6.31. The van der Waals surface area contributed by atoms with Crippen LogP contribution in [0.25, 0.3) is 22.0 Å². The minimum absolute atomic E-state index is 0.599. The van der Waals surface area contributed by atoms with Crippen LogP contribution < -0.4 is 5.32 Å². The van der Waals surface area contributed by atoms with Crippen LogP contribution in [0.3, 0.4) is 0 Å². The number of aliphatic hydroxyl groups is 1. The van der Waals surface area contributed by atoms with E-state index in [2.05, 4.69) is 40.6 Å². The van der Waals surface area contributed by atoms with Crippen molar-refractivity contribution in [1.29, 1.82) is 0 Å². The number of aromatic nitrogens is 3. The minimum atomic E-state index is -1.48. The standard InChI is InChI=1S/C35H30Cl2N4O/c1-41-23-39-22-34(41)35(42,26-10-13-28(36)14-11-26)27-12-15-33-32(19-27)31(25-8-5-9-29(37)18-25)20-30(40-33)21-38-17-16-24-6-3-2-4-7-24/h2-15,18-20,22-23,38,42H,16-17,21H2,1H3. The third-order valence-corrected chi connectivity index (χ3v) is 8.09. The van der Waals surface area contributed by atoms with Crippen molar-refractivity contribution < 1.29 is 5.11 Å². The van der Waals surface area contributed by atoms with E-state index in [4.69, 9.17) is 28.2 Å². The summed E-state index contributed by atoms with van der Waals surface area (Å²) in [4.78, 5) is 9.31. The Hall–Kier alpha value is -4.00. The molecule has 1 unspecified atom stereocenters. The SMILES string of the molecule is Cn1cncc1C(O)(c1ccc(Cl)cc1)c1ccc2nc(CNCCc3ccccc3)cc(-c3cccc(Cl)c3)c2c1. The largest absolute Gasteiger partial charge is 0.374 e. The molecule has 0 aliphatic carbocycles. The topological polar surface area (TPSA) is 63.0 Å². The zero-order chi connectivity index (χ0) is 29.1. The van der Waals surface area contributed by atoms with Crippen LogP contribution >= 0.6 is 23.2 Å². The Balaban J connectivity index is 1.44. The highest BCUT2D eigenvalue weighted by Gasteiger charge is 2.37. The molecule has 210 valence electrons. The van der Waals surface area contributed by atoms with Crippen molar-refractivity contribution in [3.05, 3.63) is 154 Å². The normalized spacial score (nSPS) is 12.9. The molecule has 6 aromatic rings. The Morgan fingerprint density at radius 2 is 1.62 bits per heavy atom. The average molecular weight is 594 g/mol. The molecule has 0 saturated carbocycles. The van der Waals surface area contributed by atoms with Crippen molar-refractivity contribution in [1.82, 2.24) is 19.9 Å². The van der Waals surface area contributed by atoms with Gasteiger partial charge in [-0.1, -0.05) is 83.9 Å². The van der Waals surface area contributed by atoms with E-state index in [1.807, 2.05) is 72.3 Å². The van der Waals surface area contributed by atoms with Gasteiger partial charge in [-0.3, -0.25) is 4.98 Å². The first-order chi connectivity index (χ1) is 20.4. The quantitative estimate of drug-likeness (QED) is 0.170. The number of hydrogen-bond donors (Lipinski definition) is 2. The van der Waals surface area contributed by atoms with E-state index < -0.39 is 5.60 Å². The van der Waals surface area contributed by atoms with E-state index in [1.54, 1.807) is 24.7 Å². The molecule has 2 aromatic heterocycles. The molecule has 42 heavy (non-hydrogen) atoms. The Morgan fingerprint density at radius 1 is 0.833 bits per heavy atom. The number of rotatable bonds is 9. The summed E-state index contributed by atoms with van der Waals surface area (Å²) in [6.07, 6.45) is 4.32. The molecule has 0 spiro atoms. The van der Waals surface area contributed by atoms with Gasteiger partial charge in [0.1, 0.15) is 0 Å². The van der Waals surface area contributed by atoms with Crippen LogP contribution in [-0.2, 0) is 25.6 Å². The number of benzene rings is 4. The number of aryl methyl sites for hydroxylation is 1. The molecule has 0 radical (unpaired) electrons. The Bertz CT molecular complexity index is 1840. The van der Waals surface area contributed by atoms with Crippen LogP contribution in [0.1, 0.15) is 28.1 Å². The molecular weight excluding hydrogens is 563 g/mol. The van der Waals surface area contributed by atoms with Gasteiger partial charge in [-0.2, -0.15) is 0 Å². The van der Waals surface area contributed by atoms with Gasteiger partial charge in [0.15, 0.2) is 5.60 Å². The van der Waals surface area contributed by atoms with Gasteiger partial charge in [0.25, 0.3) is 0 Å². The lowest BCUT2D eigenvalue weighted by Crippen LogP contribution is -2.31. The third kappa shape index (κ3) is 5.69. The molecule has 4 aromatic carbocycles. The lowest BCUT2D eigenvalue weighted by atomic mass is 9.82. The first-order valence-electron chi connectivity index (χ1n) is 13.8. The van der Waals surface area contributed by atoms with E-state index >= 15 is 0 Å². The number of imidazole rings is 1. The smallest absolute Gasteiger partial charge is 0.156 e. The van der Waals surface area contributed by atoms with Crippen molar-refractivity contribution in [2.24, 2.45) is 7.05 Å². The summed E-state index contributed by atoms with van der Waals surface area (Å²) in [6, 6.07) is 33.6. The molecule has 0 saturated heterocycles. The lowest BCUT2D eigenvalue weighted by molar-refractivity contribution is 0.117.